The maximum atomic E-state index is 12.9. The van der Waals surface area contributed by atoms with Gasteiger partial charge in [-0.1, -0.05) is 53.3 Å². The molecule has 0 aliphatic carbocycles. The van der Waals surface area contributed by atoms with E-state index in [4.69, 9.17) is 16.3 Å². The lowest BCUT2D eigenvalue weighted by molar-refractivity contribution is 0.103. The molecule has 7 heteroatoms. The topological polar surface area (TPSA) is 63.2 Å². The Kier molecular flexibility index (Phi) is 6.45. The zero-order valence-corrected chi connectivity index (χ0v) is 16.6. The standard InChI is InChI=1S/C20H20ClN3O2S/c1-13(12-26-2)22-20-24-17(14-6-4-3-5-7-14)18(27-20)19(25)23-16-10-8-15(21)9-11-16/h3-11,13H,12H2,1-2H3,(H,22,24)(H,23,25)/t13-/m1/s1. The molecular formula is C20H20ClN3O2S. The average molecular weight is 402 g/mol. The van der Waals surface area contributed by atoms with Gasteiger partial charge in [-0.25, -0.2) is 4.98 Å². The zero-order valence-electron chi connectivity index (χ0n) is 15.0. The molecule has 1 aromatic heterocycles. The van der Waals surface area contributed by atoms with Crippen molar-refractivity contribution in [2.75, 3.05) is 24.4 Å². The van der Waals surface area contributed by atoms with Crippen molar-refractivity contribution in [2.24, 2.45) is 0 Å². The number of ether oxygens (including phenoxy) is 1. The molecule has 1 amide bonds. The number of nitrogens with zero attached hydrogens (tertiary/aromatic N) is 1. The first kappa shape index (κ1) is 19.4. The van der Waals surface area contributed by atoms with E-state index in [1.807, 2.05) is 37.3 Å². The zero-order chi connectivity index (χ0) is 19.2. The quantitative estimate of drug-likeness (QED) is 0.573. The van der Waals surface area contributed by atoms with Crippen molar-refractivity contribution in [3.8, 4) is 11.3 Å². The Morgan fingerprint density at radius 1 is 1.19 bits per heavy atom. The van der Waals surface area contributed by atoms with E-state index in [2.05, 4.69) is 15.6 Å². The largest absolute Gasteiger partial charge is 0.383 e. The van der Waals surface area contributed by atoms with Crippen molar-refractivity contribution in [3.63, 3.8) is 0 Å². The Labute approximate surface area is 167 Å². The molecule has 0 saturated heterocycles. The first-order valence-corrected chi connectivity index (χ1v) is 9.65. The summed E-state index contributed by atoms with van der Waals surface area (Å²) in [7, 11) is 1.65. The average Bonchev–Trinajstić information content (AvgIpc) is 3.08. The molecule has 0 bridgehead atoms. The highest BCUT2D eigenvalue weighted by molar-refractivity contribution is 7.18. The fraction of sp³-hybridized carbons (Fsp3) is 0.200. The van der Waals surface area contributed by atoms with Crippen LogP contribution in [-0.4, -0.2) is 30.6 Å². The number of carbonyl (C=O) groups is 1. The lowest BCUT2D eigenvalue weighted by Crippen LogP contribution is -2.20. The minimum atomic E-state index is -0.207. The van der Waals surface area contributed by atoms with Crippen molar-refractivity contribution in [3.05, 3.63) is 64.5 Å². The smallest absolute Gasteiger partial charge is 0.268 e. The van der Waals surface area contributed by atoms with Gasteiger partial charge in [0, 0.05) is 29.4 Å². The summed E-state index contributed by atoms with van der Waals surface area (Å²) < 4.78 is 5.16. The molecule has 0 spiro atoms. The molecule has 3 aromatic rings. The van der Waals surface area contributed by atoms with Crippen LogP contribution < -0.4 is 10.6 Å². The number of halogens is 1. The number of nitrogens with one attached hydrogen (secondary N) is 2. The van der Waals surface area contributed by atoms with Crippen LogP contribution in [0.5, 0.6) is 0 Å². The number of rotatable bonds is 7. The number of amides is 1. The van der Waals surface area contributed by atoms with Gasteiger partial charge in [0.15, 0.2) is 5.13 Å². The third kappa shape index (κ3) is 5.07. The molecule has 2 N–H and O–H groups in total. The maximum Gasteiger partial charge on any atom is 0.268 e. The van der Waals surface area contributed by atoms with Gasteiger partial charge >= 0.3 is 0 Å². The number of hydrogen-bond donors (Lipinski definition) is 2. The maximum absolute atomic E-state index is 12.9. The molecule has 1 atom stereocenters. The Morgan fingerprint density at radius 3 is 2.56 bits per heavy atom. The third-order valence-electron chi connectivity index (χ3n) is 3.77. The molecular weight excluding hydrogens is 382 g/mol. The van der Waals surface area contributed by atoms with Crippen LogP contribution in [0.15, 0.2) is 54.6 Å². The molecule has 0 radical (unpaired) electrons. The summed E-state index contributed by atoms with van der Waals surface area (Å²) in [6.45, 7) is 2.55. The predicted molar refractivity (Wildman–Crippen MR) is 112 cm³/mol. The number of aromatic nitrogens is 1. The molecule has 0 aliphatic heterocycles. The van der Waals surface area contributed by atoms with Gasteiger partial charge in [-0.3, -0.25) is 4.79 Å². The molecule has 3 rings (SSSR count). The van der Waals surface area contributed by atoms with E-state index >= 15 is 0 Å². The van der Waals surface area contributed by atoms with E-state index < -0.39 is 0 Å². The number of benzene rings is 2. The fourth-order valence-electron chi connectivity index (χ4n) is 2.55. The normalized spacial score (nSPS) is 11.8. The van der Waals surface area contributed by atoms with Gasteiger partial charge in [0.1, 0.15) is 4.88 Å². The number of carbonyl (C=O) groups excluding carboxylic acids is 1. The van der Waals surface area contributed by atoms with Crippen LogP contribution in [0.1, 0.15) is 16.6 Å². The number of methoxy groups -OCH3 is 1. The van der Waals surface area contributed by atoms with E-state index in [-0.39, 0.29) is 11.9 Å². The van der Waals surface area contributed by atoms with Crippen LogP contribution in [0.4, 0.5) is 10.8 Å². The molecule has 140 valence electrons. The van der Waals surface area contributed by atoms with E-state index in [0.29, 0.717) is 33.0 Å². The van der Waals surface area contributed by atoms with Gasteiger partial charge in [0.25, 0.3) is 5.91 Å². The van der Waals surface area contributed by atoms with Crippen molar-refractivity contribution < 1.29 is 9.53 Å². The second-order valence-electron chi connectivity index (χ2n) is 6.02. The summed E-state index contributed by atoms with van der Waals surface area (Å²) in [5, 5.41) is 7.49. The van der Waals surface area contributed by atoms with E-state index in [0.717, 1.165) is 5.56 Å². The van der Waals surface area contributed by atoms with Crippen LogP contribution >= 0.6 is 22.9 Å². The summed E-state index contributed by atoms with van der Waals surface area (Å²) >= 11 is 7.23. The molecule has 0 unspecified atom stereocenters. The van der Waals surface area contributed by atoms with Crippen LogP contribution in [0.2, 0.25) is 5.02 Å². The van der Waals surface area contributed by atoms with Crippen molar-refractivity contribution in [1.29, 1.82) is 0 Å². The van der Waals surface area contributed by atoms with Gasteiger partial charge in [0.05, 0.1) is 12.3 Å². The molecule has 0 fully saturated rings. The third-order valence-corrected chi connectivity index (χ3v) is 5.01. The van der Waals surface area contributed by atoms with Crippen LogP contribution in [0, 0.1) is 0 Å². The number of thiazole rings is 1. The summed E-state index contributed by atoms with van der Waals surface area (Å²) in [4.78, 5) is 18.1. The van der Waals surface area contributed by atoms with Crippen molar-refractivity contribution in [1.82, 2.24) is 4.98 Å². The van der Waals surface area contributed by atoms with Crippen molar-refractivity contribution in [2.45, 2.75) is 13.0 Å². The van der Waals surface area contributed by atoms with E-state index in [1.54, 1.807) is 31.4 Å². The predicted octanol–water partition coefficient (Wildman–Crippen LogP) is 5.16. The highest BCUT2D eigenvalue weighted by atomic mass is 35.5. The van der Waals surface area contributed by atoms with Gasteiger partial charge in [-0.15, -0.1) is 0 Å². The number of hydrogen-bond acceptors (Lipinski definition) is 5. The Bertz CT molecular complexity index is 897. The van der Waals surface area contributed by atoms with Gasteiger partial charge < -0.3 is 15.4 Å². The molecule has 0 aliphatic rings. The summed E-state index contributed by atoms with van der Waals surface area (Å²) in [6, 6.07) is 16.8. The lowest BCUT2D eigenvalue weighted by atomic mass is 10.1. The second-order valence-corrected chi connectivity index (χ2v) is 7.46. The van der Waals surface area contributed by atoms with E-state index in [9.17, 15) is 4.79 Å². The SMILES string of the molecule is COC[C@@H](C)Nc1nc(-c2ccccc2)c(C(=O)Nc2ccc(Cl)cc2)s1. The van der Waals surface area contributed by atoms with Crippen LogP contribution in [0.25, 0.3) is 11.3 Å². The second kappa shape index (κ2) is 8.99. The minimum absolute atomic E-state index is 0.0805. The fourth-order valence-corrected chi connectivity index (χ4v) is 3.67. The highest BCUT2D eigenvalue weighted by Gasteiger charge is 2.20. The summed E-state index contributed by atoms with van der Waals surface area (Å²) in [5.41, 5.74) is 2.22. The molecule has 2 aromatic carbocycles. The highest BCUT2D eigenvalue weighted by Crippen LogP contribution is 2.32. The van der Waals surface area contributed by atoms with Gasteiger partial charge in [-0.2, -0.15) is 0 Å². The first-order valence-electron chi connectivity index (χ1n) is 8.45. The minimum Gasteiger partial charge on any atom is -0.383 e. The monoisotopic (exact) mass is 401 g/mol. The van der Waals surface area contributed by atoms with Crippen molar-refractivity contribution >= 4 is 39.7 Å². The van der Waals surface area contributed by atoms with Gasteiger partial charge in [-0.05, 0) is 31.2 Å². The molecule has 5 nitrogen and oxygen atoms in total. The molecule has 0 saturated carbocycles. The lowest BCUT2D eigenvalue weighted by Gasteiger charge is -2.10. The van der Waals surface area contributed by atoms with E-state index in [1.165, 1.54) is 11.3 Å². The molecule has 27 heavy (non-hydrogen) atoms. The Hall–Kier alpha value is -2.41. The summed E-state index contributed by atoms with van der Waals surface area (Å²) in [6.07, 6.45) is 0. The van der Waals surface area contributed by atoms with Crippen LogP contribution in [0.3, 0.4) is 0 Å². The van der Waals surface area contributed by atoms with Crippen LogP contribution in [-0.2, 0) is 4.74 Å². The summed E-state index contributed by atoms with van der Waals surface area (Å²) in [5.74, 6) is -0.207. The Balaban J connectivity index is 1.90. The molecule has 1 heterocycles. The Morgan fingerprint density at radius 2 is 1.89 bits per heavy atom. The number of anilines is 2. The first-order chi connectivity index (χ1) is 13.1. The van der Waals surface area contributed by atoms with Gasteiger partial charge in [0.2, 0.25) is 0 Å².